The van der Waals surface area contributed by atoms with E-state index in [1.54, 1.807) is 0 Å². The van der Waals surface area contributed by atoms with Crippen LogP contribution in [0.5, 0.6) is 0 Å². The Morgan fingerprint density at radius 3 is 1.90 bits per heavy atom. The van der Waals surface area contributed by atoms with E-state index in [0.717, 1.165) is 5.56 Å². The zero-order chi connectivity index (χ0) is 14.9. The number of aryl methyl sites for hydroxylation is 3. The van der Waals surface area contributed by atoms with Gasteiger partial charge in [0.2, 0.25) is 0 Å². The number of aliphatic hydroxyl groups is 1. The highest BCUT2D eigenvalue weighted by Crippen LogP contribution is 2.30. The van der Waals surface area contributed by atoms with Gasteiger partial charge in [-0.15, -0.1) is 0 Å². The summed E-state index contributed by atoms with van der Waals surface area (Å²) in [6.45, 7) is 10.8. The van der Waals surface area contributed by atoms with E-state index < -0.39 is 8.07 Å². The van der Waals surface area contributed by atoms with Crippen LogP contribution in [-0.2, 0) is 0 Å². The average molecular weight is 284 g/mol. The van der Waals surface area contributed by atoms with Crippen LogP contribution in [0.15, 0.2) is 42.5 Å². The third-order valence-corrected chi connectivity index (χ3v) is 7.69. The predicted octanol–water partition coefficient (Wildman–Crippen LogP) is 3.80. The van der Waals surface area contributed by atoms with Gasteiger partial charge in [-0.25, -0.2) is 0 Å². The molecule has 0 saturated carbocycles. The van der Waals surface area contributed by atoms with E-state index in [9.17, 15) is 5.11 Å². The van der Waals surface area contributed by atoms with E-state index in [1.165, 1.54) is 21.9 Å². The number of hydrogen-bond donors (Lipinski definition) is 1. The summed E-state index contributed by atoms with van der Waals surface area (Å²) in [5, 5.41) is 12.3. The summed E-state index contributed by atoms with van der Waals surface area (Å²) in [5.41, 5.74) is 4.41. The van der Waals surface area contributed by atoms with Gasteiger partial charge >= 0.3 is 0 Å². The lowest BCUT2D eigenvalue weighted by Crippen LogP contribution is -2.48. The van der Waals surface area contributed by atoms with E-state index in [2.05, 4.69) is 70.3 Å². The van der Waals surface area contributed by atoms with Gasteiger partial charge in [-0.05, 0) is 37.5 Å². The molecule has 20 heavy (non-hydrogen) atoms. The molecule has 0 aliphatic rings. The van der Waals surface area contributed by atoms with Crippen LogP contribution in [0.1, 0.15) is 28.0 Å². The molecule has 0 saturated heterocycles. The van der Waals surface area contributed by atoms with E-state index >= 15 is 0 Å². The van der Waals surface area contributed by atoms with Crippen LogP contribution in [-0.4, -0.2) is 13.2 Å². The van der Waals surface area contributed by atoms with Crippen LogP contribution in [0.3, 0.4) is 0 Å². The standard InChI is InChI=1S/C18H24OSi/c1-13-11-14(2)17(15(3)12-13)18(19)20(4,5)16-9-7-6-8-10-16/h6-12,18-19H,1-5H3. The second kappa shape index (κ2) is 5.55. The molecule has 0 aliphatic carbocycles. The fourth-order valence-corrected chi connectivity index (χ4v) is 5.55. The minimum atomic E-state index is -1.95. The molecule has 0 radical (unpaired) electrons. The highest BCUT2D eigenvalue weighted by Gasteiger charge is 2.35. The van der Waals surface area contributed by atoms with Crippen molar-refractivity contribution in [2.45, 2.75) is 39.6 Å². The molecule has 1 unspecified atom stereocenters. The summed E-state index contributed by atoms with van der Waals surface area (Å²) in [6, 6.07) is 14.8. The van der Waals surface area contributed by atoms with Crippen molar-refractivity contribution in [1.82, 2.24) is 0 Å². The van der Waals surface area contributed by atoms with Crippen molar-refractivity contribution in [1.29, 1.82) is 0 Å². The Balaban J connectivity index is 2.48. The quantitative estimate of drug-likeness (QED) is 0.850. The molecular weight excluding hydrogens is 260 g/mol. The van der Waals surface area contributed by atoms with E-state index in [4.69, 9.17) is 0 Å². The van der Waals surface area contributed by atoms with Gasteiger partial charge in [-0.3, -0.25) is 0 Å². The Morgan fingerprint density at radius 1 is 0.900 bits per heavy atom. The third kappa shape index (κ3) is 2.72. The summed E-state index contributed by atoms with van der Waals surface area (Å²) >= 11 is 0. The normalized spacial score (nSPS) is 13.3. The minimum Gasteiger partial charge on any atom is -0.392 e. The van der Waals surface area contributed by atoms with Gasteiger partial charge in [0.1, 0.15) is 8.07 Å². The van der Waals surface area contributed by atoms with E-state index in [1.807, 2.05) is 6.07 Å². The molecule has 0 bridgehead atoms. The number of aliphatic hydroxyl groups excluding tert-OH is 1. The summed E-state index contributed by atoms with van der Waals surface area (Å²) < 4.78 is 0. The zero-order valence-corrected chi connectivity index (χ0v) is 14.1. The van der Waals surface area contributed by atoms with Gasteiger partial charge in [0.05, 0.1) is 5.73 Å². The van der Waals surface area contributed by atoms with Gasteiger partial charge < -0.3 is 5.11 Å². The number of rotatable bonds is 3. The molecule has 2 aromatic rings. The first-order valence-corrected chi connectivity index (χ1v) is 10.2. The molecule has 106 valence electrons. The van der Waals surface area contributed by atoms with Crippen LogP contribution in [0.2, 0.25) is 13.1 Å². The van der Waals surface area contributed by atoms with Crippen molar-refractivity contribution in [3.63, 3.8) is 0 Å². The average Bonchev–Trinajstić information content (AvgIpc) is 2.38. The molecule has 1 atom stereocenters. The van der Waals surface area contributed by atoms with Gasteiger partial charge in [0.15, 0.2) is 0 Å². The fraction of sp³-hybridized carbons (Fsp3) is 0.333. The summed E-state index contributed by atoms with van der Waals surface area (Å²) in [7, 11) is -1.95. The van der Waals surface area contributed by atoms with E-state index in [0.29, 0.717) is 0 Å². The topological polar surface area (TPSA) is 20.2 Å². The number of benzene rings is 2. The predicted molar refractivity (Wildman–Crippen MR) is 89.2 cm³/mol. The van der Waals surface area contributed by atoms with Gasteiger partial charge in [-0.2, -0.15) is 0 Å². The molecule has 2 rings (SSSR count). The van der Waals surface area contributed by atoms with Gasteiger partial charge in [-0.1, -0.05) is 66.3 Å². The molecule has 0 spiro atoms. The van der Waals surface area contributed by atoms with Crippen molar-refractivity contribution in [2.24, 2.45) is 0 Å². The van der Waals surface area contributed by atoms with Crippen LogP contribution < -0.4 is 5.19 Å². The molecule has 1 nitrogen and oxygen atoms in total. The monoisotopic (exact) mass is 284 g/mol. The highest BCUT2D eigenvalue weighted by molar-refractivity contribution is 6.90. The maximum Gasteiger partial charge on any atom is 0.118 e. The Bertz CT molecular complexity index is 579. The Labute approximate surface area is 123 Å². The van der Waals surface area contributed by atoms with Crippen LogP contribution >= 0.6 is 0 Å². The van der Waals surface area contributed by atoms with Gasteiger partial charge in [0.25, 0.3) is 0 Å². The lowest BCUT2D eigenvalue weighted by atomic mass is 10.0. The first-order valence-electron chi connectivity index (χ1n) is 7.15. The van der Waals surface area contributed by atoms with Crippen LogP contribution in [0.4, 0.5) is 0 Å². The first kappa shape index (κ1) is 15.0. The molecule has 0 aliphatic heterocycles. The molecular formula is C18H24OSi. The van der Waals surface area contributed by atoms with Crippen LogP contribution in [0.25, 0.3) is 0 Å². The maximum atomic E-state index is 11.0. The number of hydrogen-bond acceptors (Lipinski definition) is 1. The zero-order valence-electron chi connectivity index (χ0n) is 13.1. The van der Waals surface area contributed by atoms with Crippen molar-refractivity contribution < 1.29 is 5.11 Å². The summed E-state index contributed by atoms with van der Waals surface area (Å²) in [5.74, 6) is 0. The van der Waals surface area contributed by atoms with Crippen molar-refractivity contribution in [2.75, 3.05) is 0 Å². The summed E-state index contributed by atoms with van der Waals surface area (Å²) in [6.07, 6.45) is 0. The lowest BCUT2D eigenvalue weighted by molar-refractivity contribution is 0.249. The second-order valence-electron chi connectivity index (χ2n) is 6.30. The lowest BCUT2D eigenvalue weighted by Gasteiger charge is -2.31. The van der Waals surface area contributed by atoms with Crippen molar-refractivity contribution in [3.05, 3.63) is 64.7 Å². The Hall–Kier alpha value is -1.38. The molecule has 0 aromatic heterocycles. The fourth-order valence-electron chi connectivity index (χ4n) is 3.01. The molecule has 0 heterocycles. The third-order valence-electron chi connectivity index (χ3n) is 4.21. The largest absolute Gasteiger partial charge is 0.392 e. The maximum absolute atomic E-state index is 11.0. The van der Waals surface area contributed by atoms with Gasteiger partial charge in [0, 0.05) is 0 Å². The molecule has 0 amide bonds. The first-order chi connectivity index (χ1) is 9.34. The van der Waals surface area contributed by atoms with E-state index in [-0.39, 0.29) is 5.73 Å². The molecule has 0 fully saturated rings. The van der Waals surface area contributed by atoms with Crippen LogP contribution in [0, 0.1) is 20.8 Å². The Morgan fingerprint density at radius 2 is 1.40 bits per heavy atom. The van der Waals surface area contributed by atoms with Crippen molar-refractivity contribution in [3.8, 4) is 0 Å². The second-order valence-corrected chi connectivity index (χ2v) is 10.9. The summed E-state index contributed by atoms with van der Waals surface area (Å²) in [4.78, 5) is 0. The molecule has 2 aromatic carbocycles. The van der Waals surface area contributed by atoms with Crippen molar-refractivity contribution >= 4 is 13.3 Å². The molecule has 2 heteroatoms. The molecule has 1 N–H and O–H groups in total. The SMILES string of the molecule is Cc1cc(C)c(C(O)[Si](C)(C)c2ccccc2)c(C)c1. The minimum absolute atomic E-state index is 0.370. The Kier molecular flexibility index (Phi) is 4.16. The highest BCUT2D eigenvalue weighted by atomic mass is 28.3. The smallest absolute Gasteiger partial charge is 0.118 e.